The van der Waals surface area contributed by atoms with Gasteiger partial charge >= 0.3 is 6.18 Å². The van der Waals surface area contributed by atoms with Gasteiger partial charge in [0.15, 0.2) is 9.84 Å². The van der Waals surface area contributed by atoms with Crippen molar-refractivity contribution in [2.24, 2.45) is 0 Å². The Kier molecular flexibility index (Phi) is 5.89. The lowest BCUT2D eigenvalue weighted by molar-refractivity contribution is -0.137. The SMILES string of the molecule is C[C@H](NC(=O)Cn1c(CS(C)(=O)=O)nc2ccccc21)c1cccc(C(F)(F)F)c1. The van der Waals surface area contributed by atoms with E-state index >= 15 is 0 Å². The Labute approximate surface area is 171 Å². The molecule has 3 rings (SSSR count). The van der Waals surface area contributed by atoms with Gasteiger partial charge in [-0.1, -0.05) is 24.3 Å². The molecule has 0 aliphatic carbocycles. The Balaban J connectivity index is 1.83. The zero-order chi connectivity index (χ0) is 22.1. The number of nitrogens with zero attached hydrogens (tertiary/aromatic N) is 2. The highest BCUT2D eigenvalue weighted by Gasteiger charge is 2.30. The maximum absolute atomic E-state index is 12.9. The van der Waals surface area contributed by atoms with Gasteiger partial charge in [-0.25, -0.2) is 13.4 Å². The summed E-state index contributed by atoms with van der Waals surface area (Å²) in [6.07, 6.45) is -3.40. The highest BCUT2D eigenvalue weighted by Crippen LogP contribution is 2.30. The number of halogens is 3. The first-order valence-electron chi connectivity index (χ1n) is 9.02. The summed E-state index contributed by atoms with van der Waals surface area (Å²) in [7, 11) is -3.39. The minimum Gasteiger partial charge on any atom is -0.348 e. The van der Waals surface area contributed by atoms with Gasteiger partial charge < -0.3 is 9.88 Å². The molecule has 10 heteroatoms. The normalized spacial score (nSPS) is 13.4. The van der Waals surface area contributed by atoms with E-state index in [-0.39, 0.29) is 18.1 Å². The van der Waals surface area contributed by atoms with Crippen LogP contribution in [0.5, 0.6) is 0 Å². The lowest BCUT2D eigenvalue weighted by Crippen LogP contribution is -2.31. The molecule has 6 nitrogen and oxygen atoms in total. The fraction of sp³-hybridized carbons (Fsp3) is 0.300. The van der Waals surface area contributed by atoms with Crippen LogP contribution < -0.4 is 5.32 Å². The summed E-state index contributed by atoms with van der Waals surface area (Å²) in [4.78, 5) is 16.9. The number of rotatable bonds is 6. The van der Waals surface area contributed by atoms with E-state index in [0.29, 0.717) is 16.6 Å². The minimum absolute atomic E-state index is 0.214. The number of fused-ring (bicyclic) bond motifs is 1. The van der Waals surface area contributed by atoms with Crippen LogP contribution in [0.2, 0.25) is 0 Å². The summed E-state index contributed by atoms with van der Waals surface area (Å²) in [5.41, 5.74) is 0.662. The molecule has 1 atom stereocenters. The average Bonchev–Trinajstić information content (AvgIpc) is 2.96. The van der Waals surface area contributed by atoms with Crippen LogP contribution in [-0.4, -0.2) is 30.1 Å². The molecular weight excluding hydrogens is 419 g/mol. The van der Waals surface area contributed by atoms with E-state index in [2.05, 4.69) is 10.3 Å². The molecule has 0 fully saturated rings. The van der Waals surface area contributed by atoms with Crippen molar-refractivity contribution in [3.8, 4) is 0 Å². The third-order valence-electron chi connectivity index (χ3n) is 4.52. The van der Waals surface area contributed by atoms with Crippen LogP contribution in [-0.2, 0) is 33.1 Å². The van der Waals surface area contributed by atoms with Crippen molar-refractivity contribution < 1.29 is 26.4 Å². The van der Waals surface area contributed by atoms with E-state index < -0.39 is 33.5 Å². The van der Waals surface area contributed by atoms with Gasteiger partial charge in [0, 0.05) is 6.26 Å². The van der Waals surface area contributed by atoms with E-state index in [1.165, 1.54) is 16.7 Å². The topological polar surface area (TPSA) is 81.1 Å². The number of benzene rings is 2. The van der Waals surface area contributed by atoms with Crippen LogP contribution in [0, 0.1) is 0 Å². The van der Waals surface area contributed by atoms with Gasteiger partial charge in [0.1, 0.15) is 18.1 Å². The maximum Gasteiger partial charge on any atom is 0.416 e. The summed E-state index contributed by atoms with van der Waals surface area (Å²) in [5, 5.41) is 2.66. The fourth-order valence-electron chi connectivity index (χ4n) is 3.14. The second-order valence-electron chi connectivity index (χ2n) is 7.09. The molecule has 1 heterocycles. The van der Waals surface area contributed by atoms with Crippen LogP contribution in [0.4, 0.5) is 13.2 Å². The minimum atomic E-state index is -4.48. The first-order valence-corrected chi connectivity index (χ1v) is 11.1. The van der Waals surface area contributed by atoms with Gasteiger partial charge in [0.25, 0.3) is 0 Å². The predicted molar refractivity (Wildman–Crippen MR) is 106 cm³/mol. The molecule has 1 aromatic heterocycles. The Hall–Kier alpha value is -2.88. The molecular formula is C20H20F3N3O3S. The highest BCUT2D eigenvalue weighted by atomic mass is 32.2. The quantitative estimate of drug-likeness (QED) is 0.638. The van der Waals surface area contributed by atoms with Crippen LogP contribution in [0.1, 0.15) is 29.9 Å². The van der Waals surface area contributed by atoms with Crippen molar-refractivity contribution in [1.82, 2.24) is 14.9 Å². The average molecular weight is 439 g/mol. The van der Waals surface area contributed by atoms with Crippen molar-refractivity contribution in [2.45, 2.75) is 31.4 Å². The number of alkyl halides is 3. The number of imidazole rings is 1. The number of hydrogen-bond donors (Lipinski definition) is 1. The lowest BCUT2D eigenvalue weighted by atomic mass is 10.0. The molecule has 30 heavy (non-hydrogen) atoms. The maximum atomic E-state index is 12.9. The van der Waals surface area contributed by atoms with Crippen molar-refractivity contribution in [1.29, 1.82) is 0 Å². The van der Waals surface area contributed by atoms with Crippen LogP contribution in [0.3, 0.4) is 0 Å². The third-order valence-corrected chi connectivity index (χ3v) is 5.30. The van der Waals surface area contributed by atoms with Gasteiger partial charge in [-0.3, -0.25) is 4.79 Å². The van der Waals surface area contributed by atoms with Crippen molar-refractivity contribution in [3.05, 3.63) is 65.5 Å². The zero-order valence-electron chi connectivity index (χ0n) is 16.3. The number of amides is 1. The van der Waals surface area contributed by atoms with E-state index in [4.69, 9.17) is 0 Å². The fourth-order valence-corrected chi connectivity index (χ4v) is 3.83. The Morgan fingerprint density at radius 2 is 1.87 bits per heavy atom. The summed E-state index contributed by atoms with van der Waals surface area (Å²) in [5.74, 6) is -0.587. The first kappa shape index (κ1) is 21.8. The Bertz CT molecular complexity index is 1190. The molecule has 0 bridgehead atoms. The summed E-state index contributed by atoms with van der Waals surface area (Å²) in [6.45, 7) is 1.37. The smallest absolute Gasteiger partial charge is 0.348 e. The van der Waals surface area contributed by atoms with E-state index in [1.807, 2.05) is 0 Å². The Morgan fingerprint density at radius 3 is 2.53 bits per heavy atom. The summed E-state index contributed by atoms with van der Waals surface area (Å²) < 4.78 is 63.8. The largest absolute Gasteiger partial charge is 0.416 e. The van der Waals surface area contributed by atoms with Gasteiger partial charge in [-0.05, 0) is 36.8 Å². The number of para-hydroxylation sites is 2. The molecule has 0 radical (unpaired) electrons. The third kappa shape index (κ3) is 5.18. The van der Waals surface area contributed by atoms with Gasteiger partial charge in [-0.15, -0.1) is 0 Å². The van der Waals surface area contributed by atoms with Crippen molar-refractivity contribution >= 4 is 26.8 Å². The van der Waals surface area contributed by atoms with E-state index in [9.17, 15) is 26.4 Å². The predicted octanol–water partition coefficient (Wildman–Crippen LogP) is 3.48. The molecule has 0 saturated heterocycles. The van der Waals surface area contributed by atoms with Crippen LogP contribution in [0.25, 0.3) is 11.0 Å². The van der Waals surface area contributed by atoms with Gasteiger partial charge in [0.05, 0.1) is 22.6 Å². The van der Waals surface area contributed by atoms with Crippen LogP contribution in [0.15, 0.2) is 48.5 Å². The molecule has 0 aliphatic heterocycles. The zero-order valence-corrected chi connectivity index (χ0v) is 17.1. The van der Waals surface area contributed by atoms with Gasteiger partial charge in [0.2, 0.25) is 5.91 Å². The summed E-state index contributed by atoms with van der Waals surface area (Å²) >= 11 is 0. The molecule has 160 valence electrons. The molecule has 0 spiro atoms. The lowest BCUT2D eigenvalue weighted by Gasteiger charge is -2.17. The number of hydrogen-bond acceptors (Lipinski definition) is 4. The second kappa shape index (κ2) is 8.10. The van der Waals surface area contributed by atoms with Crippen molar-refractivity contribution in [2.75, 3.05) is 6.26 Å². The molecule has 2 aromatic carbocycles. The highest BCUT2D eigenvalue weighted by molar-refractivity contribution is 7.89. The molecule has 3 aromatic rings. The Morgan fingerprint density at radius 1 is 1.17 bits per heavy atom. The molecule has 0 unspecified atom stereocenters. The summed E-state index contributed by atoms with van der Waals surface area (Å²) in [6, 6.07) is 11.0. The number of sulfone groups is 1. The van der Waals surface area contributed by atoms with Gasteiger partial charge in [-0.2, -0.15) is 13.2 Å². The number of carbonyl (C=O) groups excluding carboxylic acids is 1. The van der Waals surface area contributed by atoms with E-state index in [0.717, 1.165) is 18.4 Å². The second-order valence-corrected chi connectivity index (χ2v) is 9.23. The molecule has 1 N–H and O–H groups in total. The number of nitrogens with one attached hydrogen (secondary N) is 1. The number of aromatic nitrogens is 2. The van der Waals surface area contributed by atoms with E-state index in [1.54, 1.807) is 31.2 Å². The monoisotopic (exact) mass is 439 g/mol. The van der Waals surface area contributed by atoms with Crippen LogP contribution >= 0.6 is 0 Å². The first-order chi connectivity index (χ1) is 13.9. The molecule has 1 amide bonds. The number of carbonyl (C=O) groups is 1. The molecule has 0 saturated carbocycles. The van der Waals surface area contributed by atoms with Crippen molar-refractivity contribution in [3.63, 3.8) is 0 Å². The standard InChI is InChI=1S/C20H20F3N3O3S/c1-13(14-6-5-7-15(10-14)20(21,22)23)24-19(27)11-26-17-9-4-3-8-16(17)25-18(26)12-30(2,28)29/h3-10,13H,11-12H2,1-2H3,(H,24,27)/t13-/m0/s1. The molecule has 0 aliphatic rings.